The first-order valence-corrected chi connectivity index (χ1v) is 11.7. The Kier molecular flexibility index (Phi) is 8.70. The van der Waals surface area contributed by atoms with E-state index < -0.39 is 29.8 Å². The standard InChI is InChI=1S/C26H33N3O6/c1-26(2,3)35-25(33)29-27-15-9-8-14-22(23(30)31)28-24(32)34-16-21-19-12-6-4-10-17(19)18-11-5-7-13-20(18)21/h4-7,10-13,21-22,27H,8-9,14-16H2,1-3H3,(H,28,32)(H,29,33)(H,30,31)/t22-/m0/s1. The number of alkyl carbamates (subject to hydrolysis) is 1. The molecule has 9 heteroatoms. The minimum Gasteiger partial charge on any atom is -0.480 e. The molecule has 2 aromatic rings. The van der Waals surface area contributed by atoms with Gasteiger partial charge in [0.15, 0.2) is 0 Å². The predicted octanol–water partition coefficient (Wildman–Crippen LogP) is 4.18. The van der Waals surface area contributed by atoms with Gasteiger partial charge in [0.2, 0.25) is 0 Å². The fraction of sp³-hybridized carbons (Fsp3) is 0.423. The van der Waals surface area contributed by atoms with Crippen LogP contribution in [0.2, 0.25) is 0 Å². The van der Waals surface area contributed by atoms with Crippen LogP contribution in [0.15, 0.2) is 48.5 Å². The van der Waals surface area contributed by atoms with Crippen LogP contribution in [0.1, 0.15) is 57.1 Å². The van der Waals surface area contributed by atoms with Crippen LogP contribution in [0.3, 0.4) is 0 Å². The number of fused-ring (bicyclic) bond motifs is 3. The number of aliphatic carboxylic acids is 1. The van der Waals surface area contributed by atoms with E-state index in [1.807, 2.05) is 48.5 Å². The Labute approximate surface area is 205 Å². The molecule has 3 rings (SSSR count). The van der Waals surface area contributed by atoms with Gasteiger partial charge in [-0.05, 0) is 62.3 Å². The van der Waals surface area contributed by atoms with Gasteiger partial charge in [-0.15, -0.1) is 0 Å². The molecule has 1 atom stereocenters. The van der Waals surface area contributed by atoms with Crippen molar-refractivity contribution in [2.24, 2.45) is 0 Å². The Balaban J connectivity index is 1.42. The summed E-state index contributed by atoms with van der Waals surface area (Å²) in [5, 5.41) is 11.9. The molecule has 0 spiro atoms. The molecule has 2 aromatic carbocycles. The average Bonchev–Trinajstić information content (AvgIpc) is 3.11. The van der Waals surface area contributed by atoms with E-state index in [1.54, 1.807) is 20.8 Å². The average molecular weight is 484 g/mol. The molecule has 188 valence electrons. The normalized spacial score (nSPS) is 13.3. The number of carbonyl (C=O) groups is 3. The second kappa shape index (κ2) is 11.7. The van der Waals surface area contributed by atoms with Gasteiger partial charge < -0.3 is 19.9 Å². The molecule has 0 unspecified atom stereocenters. The van der Waals surface area contributed by atoms with Gasteiger partial charge >= 0.3 is 18.2 Å². The summed E-state index contributed by atoms with van der Waals surface area (Å²) in [6.45, 7) is 5.84. The van der Waals surface area contributed by atoms with Crippen LogP contribution in [0.25, 0.3) is 11.1 Å². The lowest BCUT2D eigenvalue weighted by atomic mass is 9.98. The van der Waals surface area contributed by atoms with Crippen LogP contribution in [-0.4, -0.2) is 48.1 Å². The zero-order chi connectivity index (χ0) is 25.4. The number of ether oxygens (including phenoxy) is 2. The first kappa shape index (κ1) is 26.0. The lowest BCUT2D eigenvalue weighted by Crippen LogP contribution is -2.42. The molecule has 0 heterocycles. The molecule has 0 aromatic heterocycles. The lowest BCUT2D eigenvalue weighted by Gasteiger charge is -2.20. The van der Waals surface area contributed by atoms with Crippen LogP contribution < -0.4 is 16.2 Å². The van der Waals surface area contributed by atoms with Crippen LogP contribution in [0, 0.1) is 0 Å². The molecule has 9 nitrogen and oxygen atoms in total. The number of carbonyl (C=O) groups excluding carboxylic acids is 2. The van der Waals surface area contributed by atoms with Crippen LogP contribution >= 0.6 is 0 Å². The highest BCUT2D eigenvalue weighted by Crippen LogP contribution is 2.44. The highest BCUT2D eigenvalue weighted by atomic mass is 16.6. The molecule has 4 N–H and O–H groups in total. The zero-order valence-corrected chi connectivity index (χ0v) is 20.3. The fourth-order valence-corrected chi connectivity index (χ4v) is 4.04. The molecule has 0 fully saturated rings. The second-order valence-electron chi connectivity index (χ2n) is 9.41. The largest absolute Gasteiger partial charge is 0.480 e. The molecule has 0 saturated carbocycles. The number of hydrogen-bond donors (Lipinski definition) is 4. The maximum absolute atomic E-state index is 12.4. The quantitative estimate of drug-likeness (QED) is 0.295. The van der Waals surface area contributed by atoms with E-state index in [1.165, 1.54) is 0 Å². The third kappa shape index (κ3) is 7.45. The highest BCUT2D eigenvalue weighted by molar-refractivity contribution is 5.81. The maximum Gasteiger partial charge on any atom is 0.422 e. The Morgan fingerprint density at radius 3 is 2.11 bits per heavy atom. The van der Waals surface area contributed by atoms with Crippen molar-refractivity contribution in [3.8, 4) is 11.1 Å². The van der Waals surface area contributed by atoms with E-state index in [0.717, 1.165) is 22.3 Å². The Morgan fingerprint density at radius 2 is 1.54 bits per heavy atom. The smallest absolute Gasteiger partial charge is 0.422 e. The Hall–Kier alpha value is -3.59. The number of benzene rings is 2. The predicted molar refractivity (Wildman–Crippen MR) is 131 cm³/mol. The summed E-state index contributed by atoms with van der Waals surface area (Å²) >= 11 is 0. The fourth-order valence-electron chi connectivity index (χ4n) is 4.04. The summed E-state index contributed by atoms with van der Waals surface area (Å²) in [5.74, 6) is -1.22. The second-order valence-corrected chi connectivity index (χ2v) is 9.41. The minimum atomic E-state index is -1.13. The first-order chi connectivity index (χ1) is 16.7. The van der Waals surface area contributed by atoms with E-state index in [4.69, 9.17) is 9.47 Å². The van der Waals surface area contributed by atoms with E-state index >= 15 is 0 Å². The summed E-state index contributed by atoms with van der Waals surface area (Å²) in [6, 6.07) is 14.9. The molecule has 0 radical (unpaired) electrons. The van der Waals surface area contributed by atoms with E-state index in [0.29, 0.717) is 19.4 Å². The first-order valence-electron chi connectivity index (χ1n) is 11.7. The van der Waals surface area contributed by atoms with Crippen molar-refractivity contribution in [3.05, 3.63) is 59.7 Å². The molecule has 35 heavy (non-hydrogen) atoms. The maximum atomic E-state index is 12.4. The monoisotopic (exact) mass is 483 g/mol. The number of amides is 2. The minimum absolute atomic E-state index is 0.0972. The molecular formula is C26H33N3O6. The zero-order valence-electron chi connectivity index (χ0n) is 20.3. The van der Waals surface area contributed by atoms with Crippen molar-refractivity contribution in [1.29, 1.82) is 0 Å². The number of rotatable bonds is 10. The van der Waals surface area contributed by atoms with Gasteiger partial charge in [0.25, 0.3) is 0 Å². The Bertz CT molecular complexity index is 1000. The molecule has 0 saturated heterocycles. The Morgan fingerprint density at radius 1 is 0.943 bits per heavy atom. The highest BCUT2D eigenvalue weighted by Gasteiger charge is 2.29. The number of carboxylic acid groups (broad SMARTS) is 1. The topological polar surface area (TPSA) is 126 Å². The summed E-state index contributed by atoms with van der Waals surface area (Å²) in [5.41, 5.74) is 8.98. The summed E-state index contributed by atoms with van der Waals surface area (Å²) in [6.07, 6.45) is -0.00902. The van der Waals surface area contributed by atoms with Crippen molar-refractivity contribution >= 4 is 18.2 Å². The molecule has 1 aliphatic carbocycles. The molecular weight excluding hydrogens is 450 g/mol. The van der Waals surface area contributed by atoms with E-state index in [-0.39, 0.29) is 18.9 Å². The van der Waals surface area contributed by atoms with Gasteiger partial charge in [-0.2, -0.15) is 0 Å². The van der Waals surface area contributed by atoms with Crippen LogP contribution in [0.4, 0.5) is 9.59 Å². The number of unbranched alkanes of at least 4 members (excludes halogenated alkanes) is 1. The van der Waals surface area contributed by atoms with Gasteiger partial charge in [-0.3, -0.25) is 5.43 Å². The summed E-state index contributed by atoms with van der Waals surface area (Å²) < 4.78 is 10.5. The van der Waals surface area contributed by atoms with E-state index in [2.05, 4.69) is 16.2 Å². The molecule has 2 amide bonds. The van der Waals surface area contributed by atoms with Crippen LogP contribution in [0.5, 0.6) is 0 Å². The van der Waals surface area contributed by atoms with Crippen molar-refractivity contribution in [1.82, 2.24) is 16.2 Å². The van der Waals surface area contributed by atoms with Gasteiger partial charge in [0.1, 0.15) is 18.2 Å². The SMILES string of the molecule is CC(C)(C)OC(=O)NNCCCC[C@H](NC(=O)OCC1c2ccccc2-c2ccccc21)C(=O)O. The van der Waals surface area contributed by atoms with Gasteiger partial charge in [-0.1, -0.05) is 48.5 Å². The molecule has 1 aliphatic rings. The lowest BCUT2D eigenvalue weighted by molar-refractivity contribution is -0.139. The number of nitrogens with one attached hydrogen (secondary N) is 3. The number of carboxylic acids is 1. The summed E-state index contributed by atoms with van der Waals surface area (Å²) in [7, 11) is 0. The molecule has 0 aliphatic heterocycles. The van der Waals surface area contributed by atoms with Crippen LogP contribution in [-0.2, 0) is 14.3 Å². The van der Waals surface area contributed by atoms with Crippen molar-refractivity contribution < 1.29 is 29.0 Å². The van der Waals surface area contributed by atoms with Crippen molar-refractivity contribution in [2.45, 2.75) is 57.6 Å². The van der Waals surface area contributed by atoms with Gasteiger partial charge in [0, 0.05) is 12.5 Å². The summed E-state index contributed by atoms with van der Waals surface area (Å²) in [4.78, 5) is 35.6. The van der Waals surface area contributed by atoms with Gasteiger partial charge in [0.05, 0.1) is 0 Å². The van der Waals surface area contributed by atoms with Crippen molar-refractivity contribution in [2.75, 3.05) is 13.2 Å². The third-order valence-corrected chi connectivity index (χ3v) is 5.57. The van der Waals surface area contributed by atoms with Crippen molar-refractivity contribution in [3.63, 3.8) is 0 Å². The third-order valence-electron chi connectivity index (χ3n) is 5.57. The number of hydrazine groups is 1. The van der Waals surface area contributed by atoms with E-state index in [9.17, 15) is 19.5 Å². The molecule has 0 bridgehead atoms. The van der Waals surface area contributed by atoms with Gasteiger partial charge in [-0.25, -0.2) is 19.8 Å². The number of hydrogen-bond acceptors (Lipinski definition) is 6.